The average molecular weight is 806 g/mol. The number of esters is 2. The number of carbonyl (C=O) groups excluding carboxylic acids is 2. The van der Waals surface area contributed by atoms with Crippen LogP contribution in [0.25, 0.3) is 0 Å². The van der Waals surface area contributed by atoms with Gasteiger partial charge in [0, 0.05) is 19.4 Å². The van der Waals surface area contributed by atoms with Gasteiger partial charge in [-0.15, -0.1) is 0 Å². The molecule has 0 aromatic rings. The third kappa shape index (κ3) is 39.4. The lowest BCUT2D eigenvalue weighted by Crippen LogP contribution is -2.29. The smallest absolute Gasteiger partial charge is 0.462 e. The topological polar surface area (TPSA) is 155 Å². The van der Waals surface area contributed by atoms with Gasteiger partial charge in [-0.3, -0.25) is 18.6 Å². The molecule has 0 aromatic carbocycles. The van der Waals surface area contributed by atoms with Crippen LogP contribution in [0, 0.1) is 0 Å². The van der Waals surface area contributed by atoms with Crippen molar-refractivity contribution in [1.82, 2.24) is 0 Å². The van der Waals surface area contributed by atoms with E-state index in [2.05, 4.69) is 50.3 Å². The van der Waals surface area contributed by atoms with Crippen LogP contribution >= 0.6 is 7.82 Å². The molecule has 11 heteroatoms. The second-order valence-corrected chi connectivity index (χ2v) is 15.1. The van der Waals surface area contributed by atoms with E-state index in [-0.39, 0.29) is 32.6 Å². The van der Waals surface area contributed by atoms with Gasteiger partial charge in [-0.1, -0.05) is 144 Å². The Labute approximate surface area is 339 Å². The highest BCUT2D eigenvalue weighted by molar-refractivity contribution is 7.47. The highest BCUT2D eigenvalue weighted by Gasteiger charge is 2.25. The molecule has 3 atom stereocenters. The first kappa shape index (κ1) is 53.1. The van der Waals surface area contributed by atoms with Gasteiger partial charge in [-0.25, -0.2) is 4.57 Å². The van der Waals surface area contributed by atoms with Gasteiger partial charge in [-0.2, -0.15) is 0 Å². The summed E-state index contributed by atoms with van der Waals surface area (Å²) in [5.74, 6) is -0.954. The zero-order valence-corrected chi connectivity index (χ0v) is 35.6. The van der Waals surface area contributed by atoms with Crippen molar-refractivity contribution in [2.75, 3.05) is 26.4 Å². The van der Waals surface area contributed by atoms with Crippen LogP contribution in [-0.2, 0) is 32.7 Å². The lowest BCUT2D eigenvalue weighted by atomic mass is 10.1. The summed E-state index contributed by atoms with van der Waals surface area (Å²) >= 11 is 0. The Morgan fingerprint density at radius 3 is 1.88 bits per heavy atom. The maximum absolute atomic E-state index is 12.6. The second kappa shape index (κ2) is 40.4. The Morgan fingerprint density at radius 2 is 1.21 bits per heavy atom. The number of phosphoric ester groups is 1. The summed E-state index contributed by atoms with van der Waals surface area (Å²) in [5.41, 5.74) is 5.34. The summed E-state index contributed by atoms with van der Waals surface area (Å²) in [4.78, 5) is 34.8. The quantitative estimate of drug-likeness (QED) is 0.0180. The van der Waals surface area contributed by atoms with Gasteiger partial charge < -0.3 is 25.2 Å². The van der Waals surface area contributed by atoms with Crippen molar-refractivity contribution < 1.29 is 42.7 Å². The third-order valence-electron chi connectivity index (χ3n) is 8.35. The predicted molar refractivity (Wildman–Crippen MR) is 230 cm³/mol. The van der Waals surface area contributed by atoms with E-state index in [0.717, 1.165) is 51.4 Å². The number of aliphatic hydroxyl groups excluding tert-OH is 1. The Balaban J connectivity index is 4.35. The van der Waals surface area contributed by atoms with Crippen molar-refractivity contribution in [2.24, 2.45) is 5.73 Å². The Bertz CT molecular complexity index is 1210. The highest BCUT2D eigenvalue weighted by Crippen LogP contribution is 2.43. The third-order valence-corrected chi connectivity index (χ3v) is 9.33. The van der Waals surface area contributed by atoms with Gasteiger partial charge >= 0.3 is 19.8 Å². The molecule has 4 N–H and O–H groups in total. The molecule has 0 amide bonds. The van der Waals surface area contributed by atoms with E-state index in [4.69, 9.17) is 24.3 Å². The number of rotatable bonds is 38. The number of hydrogen-bond acceptors (Lipinski definition) is 9. The van der Waals surface area contributed by atoms with Gasteiger partial charge in [0.2, 0.25) is 0 Å². The van der Waals surface area contributed by atoms with Crippen molar-refractivity contribution in [3.8, 4) is 0 Å². The number of phosphoric acid groups is 1. The van der Waals surface area contributed by atoms with Gasteiger partial charge in [-0.05, 0) is 77.0 Å². The zero-order chi connectivity index (χ0) is 41.2. The molecule has 0 saturated carbocycles. The molecule has 0 fully saturated rings. The molecule has 320 valence electrons. The van der Waals surface area contributed by atoms with Gasteiger partial charge in [0.05, 0.1) is 19.3 Å². The molecular formula is C45H76NO9P. The maximum Gasteiger partial charge on any atom is 0.472 e. The number of ether oxygens (including phenoxy) is 2. The van der Waals surface area contributed by atoms with E-state index in [1.165, 1.54) is 44.9 Å². The van der Waals surface area contributed by atoms with Crippen LogP contribution in [0.2, 0.25) is 0 Å². The molecular weight excluding hydrogens is 729 g/mol. The van der Waals surface area contributed by atoms with Crippen LogP contribution in [0.5, 0.6) is 0 Å². The zero-order valence-electron chi connectivity index (χ0n) is 34.7. The normalized spacial score (nSPS) is 14.7. The number of nitrogens with two attached hydrogens (primary N) is 1. The Kier molecular flexibility index (Phi) is 38.3. The first-order valence-corrected chi connectivity index (χ1v) is 22.7. The van der Waals surface area contributed by atoms with Crippen molar-refractivity contribution in [3.63, 3.8) is 0 Å². The molecule has 0 aliphatic carbocycles. The molecule has 0 aromatic heterocycles. The van der Waals surface area contributed by atoms with E-state index in [1.807, 2.05) is 42.5 Å². The van der Waals surface area contributed by atoms with Gasteiger partial charge in [0.15, 0.2) is 6.10 Å². The minimum absolute atomic E-state index is 0.0308. The summed E-state index contributed by atoms with van der Waals surface area (Å²) in [7, 11) is -4.41. The van der Waals surface area contributed by atoms with Crippen molar-refractivity contribution in [3.05, 3.63) is 85.1 Å². The fourth-order valence-corrected chi connectivity index (χ4v) is 5.96. The van der Waals surface area contributed by atoms with Crippen LogP contribution in [0.3, 0.4) is 0 Å². The number of hydrogen-bond donors (Lipinski definition) is 3. The van der Waals surface area contributed by atoms with Crippen molar-refractivity contribution in [2.45, 2.75) is 161 Å². The summed E-state index contributed by atoms with van der Waals surface area (Å²) in [5, 5.41) is 10.0. The molecule has 0 spiro atoms. The molecule has 0 saturated heterocycles. The second-order valence-electron chi connectivity index (χ2n) is 13.7. The molecule has 0 radical (unpaired) electrons. The van der Waals surface area contributed by atoms with Crippen molar-refractivity contribution >= 4 is 19.8 Å². The fourth-order valence-electron chi connectivity index (χ4n) is 5.19. The van der Waals surface area contributed by atoms with Gasteiger partial charge in [0.25, 0.3) is 0 Å². The van der Waals surface area contributed by atoms with Gasteiger partial charge in [0.1, 0.15) is 6.61 Å². The molecule has 0 rings (SSSR count). The van der Waals surface area contributed by atoms with E-state index < -0.39 is 38.6 Å². The van der Waals surface area contributed by atoms with Crippen LogP contribution in [-0.4, -0.2) is 60.5 Å². The molecule has 2 unspecified atom stereocenters. The average Bonchev–Trinajstić information content (AvgIpc) is 3.18. The van der Waals surface area contributed by atoms with Crippen LogP contribution in [0.1, 0.15) is 149 Å². The summed E-state index contributed by atoms with van der Waals surface area (Å²) < 4.78 is 32.7. The summed E-state index contributed by atoms with van der Waals surface area (Å²) in [6, 6.07) is 0. The summed E-state index contributed by atoms with van der Waals surface area (Å²) in [6.07, 6.45) is 46.4. The number of allylic oxidation sites excluding steroid dienone is 12. The van der Waals surface area contributed by atoms with E-state index >= 15 is 0 Å². The first-order chi connectivity index (χ1) is 27.2. The number of unbranched alkanes of at least 4 members (excludes halogenated alkanes) is 11. The largest absolute Gasteiger partial charge is 0.472 e. The first-order valence-electron chi connectivity index (χ1n) is 21.2. The van der Waals surface area contributed by atoms with Crippen LogP contribution in [0.4, 0.5) is 0 Å². The van der Waals surface area contributed by atoms with Crippen LogP contribution < -0.4 is 5.73 Å². The lowest BCUT2D eigenvalue weighted by molar-refractivity contribution is -0.161. The SMILES string of the molecule is CC/C=C\C/C=C\CC(O)/C=C/C=C\C/C=C\CCCC(=O)OC[C@H](COP(=O)(O)OCCN)OC(=O)CCCCCCCCC/C=C\C/C=C\CCCCC. The molecule has 0 aliphatic heterocycles. The lowest BCUT2D eigenvalue weighted by Gasteiger charge is -2.19. The maximum atomic E-state index is 12.6. The minimum atomic E-state index is -4.41. The van der Waals surface area contributed by atoms with Crippen molar-refractivity contribution in [1.29, 1.82) is 0 Å². The monoisotopic (exact) mass is 806 g/mol. The molecule has 0 heterocycles. The number of carbonyl (C=O) groups is 2. The summed E-state index contributed by atoms with van der Waals surface area (Å²) in [6.45, 7) is 3.40. The van der Waals surface area contributed by atoms with E-state index in [1.54, 1.807) is 6.08 Å². The standard InChI is InChI=1S/C45H76NO9P/c1-3-5-7-9-11-12-13-14-15-16-17-18-19-20-25-29-33-37-45(49)55-43(41-54-56(50,51)53-39-38-46)40-52-44(48)36-32-28-24-22-21-23-27-31-35-42(47)34-30-26-10-8-6-4-2/h6,8,11-12,14-15,22-24,26-27,30-31,35,42-43,47H,3-5,7,9-10,13,16-21,25,28-29,32-34,36-41,46H2,1-2H3,(H,50,51)/b8-6-,12-11-,15-14-,24-22-,27-23-,30-26-,35-31+/t42?,43-/m1/s1. The van der Waals surface area contributed by atoms with E-state index in [0.29, 0.717) is 25.7 Å². The molecule has 0 aliphatic rings. The predicted octanol–water partition coefficient (Wildman–Crippen LogP) is 11.0. The number of aliphatic hydroxyl groups is 1. The fraction of sp³-hybridized carbons (Fsp3) is 0.644. The Hall–Kier alpha value is -2.85. The molecule has 10 nitrogen and oxygen atoms in total. The van der Waals surface area contributed by atoms with E-state index in [9.17, 15) is 24.2 Å². The molecule has 56 heavy (non-hydrogen) atoms. The van der Waals surface area contributed by atoms with Crippen LogP contribution in [0.15, 0.2) is 85.1 Å². The minimum Gasteiger partial charge on any atom is -0.462 e. The highest BCUT2D eigenvalue weighted by atomic mass is 31.2. The molecule has 0 bridgehead atoms. The Morgan fingerprint density at radius 1 is 0.643 bits per heavy atom.